The van der Waals surface area contributed by atoms with Crippen LogP contribution in [0, 0.1) is 0 Å². The molecule has 1 atom stereocenters. The number of nitrogens with one attached hydrogen (secondary N) is 3. The van der Waals surface area contributed by atoms with E-state index in [0.29, 0.717) is 41.7 Å². The highest BCUT2D eigenvalue weighted by Gasteiger charge is 2.35. The Morgan fingerprint density at radius 2 is 1.94 bits per heavy atom. The van der Waals surface area contributed by atoms with Crippen LogP contribution < -0.4 is 20.7 Å². The molecule has 0 aliphatic heterocycles. The second kappa shape index (κ2) is 15.9. The van der Waals surface area contributed by atoms with E-state index in [1.54, 1.807) is 29.1 Å². The Morgan fingerprint density at radius 3 is 2.62 bits per heavy atom. The molecule has 19 heteroatoms. The molecule has 3 heterocycles. The van der Waals surface area contributed by atoms with Gasteiger partial charge in [-0.3, -0.25) is 9.48 Å². The predicted octanol–water partition coefficient (Wildman–Crippen LogP) is 4.72. The number of rotatable bonds is 15. The number of nitrogens with zero attached hydrogens (tertiary/aromatic N) is 5. The molecule has 0 bridgehead atoms. The fourth-order valence-electron chi connectivity index (χ4n) is 4.36. The zero-order chi connectivity index (χ0) is 34.1. The van der Waals surface area contributed by atoms with Crippen molar-refractivity contribution >= 4 is 43.1 Å². The van der Waals surface area contributed by atoms with E-state index in [1.165, 1.54) is 26.3 Å². The summed E-state index contributed by atoms with van der Waals surface area (Å²) in [5, 5.41) is 21.7. The number of pyridine rings is 1. The van der Waals surface area contributed by atoms with Gasteiger partial charge < -0.3 is 25.8 Å². The lowest BCUT2D eigenvalue weighted by atomic mass is 10.1. The molecular weight excluding hydrogens is 668 g/mol. The first-order valence-corrected chi connectivity index (χ1v) is 15.4. The van der Waals surface area contributed by atoms with Crippen molar-refractivity contribution in [1.82, 2.24) is 30.0 Å². The Hall–Kier alpha value is -4.41. The third-order valence-corrected chi connectivity index (χ3v) is 7.21. The van der Waals surface area contributed by atoms with E-state index in [-0.39, 0.29) is 60.1 Å². The molecule has 0 saturated heterocycles. The fourth-order valence-corrected chi connectivity index (χ4v) is 4.86. The lowest BCUT2D eigenvalue weighted by Crippen LogP contribution is -2.22. The number of methoxy groups -OCH3 is 1. The maximum Gasteiger partial charge on any atom is 0.695 e. The number of benzene rings is 1. The summed E-state index contributed by atoms with van der Waals surface area (Å²) < 4.78 is 64.1. The van der Waals surface area contributed by atoms with E-state index in [9.17, 15) is 22.5 Å². The largest absolute Gasteiger partial charge is 0.695 e. The molecule has 47 heavy (non-hydrogen) atoms. The number of aromatic nitrogens is 5. The fraction of sp³-hybridized carbons (Fsp3) is 0.321. The number of hydrogen-bond acceptors (Lipinski definition) is 11. The minimum absolute atomic E-state index is 0.0166. The maximum absolute atomic E-state index is 13.9. The van der Waals surface area contributed by atoms with Gasteiger partial charge >= 0.3 is 14.4 Å². The van der Waals surface area contributed by atoms with Gasteiger partial charge in [-0.25, -0.2) is 15.0 Å². The number of halogens is 4. The molecule has 1 amide bonds. The summed E-state index contributed by atoms with van der Waals surface area (Å²) in [7, 11) is -0.0146. The van der Waals surface area contributed by atoms with Crippen LogP contribution >= 0.6 is 19.9 Å². The first-order chi connectivity index (χ1) is 22.4. The molecule has 0 saturated carbocycles. The van der Waals surface area contributed by atoms with Gasteiger partial charge in [0.15, 0.2) is 10.8 Å². The number of aryl methyl sites for hydroxylation is 1. The van der Waals surface area contributed by atoms with Crippen LogP contribution in [0.2, 0.25) is 5.15 Å². The van der Waals surface area contributed by atoms with Gasteiger partial charge in [0.25, 0.3) is 5.91 Å². The summed E-state index contributed by atoms with van der Waals surface area (Å²) in [6.45, 7) is 0.167. The first kappa shape index (κ1) is 35.4. The highest BCUT2D eigenvalue weighted by Crippen LogP contribution is 2.34. The number of amides is 1. The van der Waals surface area contributed by atoms with Crippen molar-refractivity contribution in [2.45, 2.75) is 32.2 Å². The Bertz CT molecular complexity index is 1740. The lowest BCUT2D eigenvalue weighted by molar-refractivity contribution is -0.138. The third kappa shape index (κ3) is 9.33. The second-order valence-electron chi connectivity index (χ2n) is 9.75. The highest BCUT2D eigenvalue weighted by molar-refractivity contribution is 7.32. The first-order valence-electron chi connectivity index (χ1n) is 13.9. The quantitative estimate of drug-likeness (QED) is 0.108. The van der Waals surface area contributed by atoms with Crippen molar-refractivity contribution in [1.29, 1.82) is 0 Å². The van der Waals surface area contributed by atoms with Crippen LogP contribution in [0.4, 0.5) is 30.5 Å². The van der Waals surface area contributed by atoms with Gasteiger partial charge in [0.1, 0.15) is 12.4 Å². The van der Waals surface area contributed by atoms with Crippen LogP contribution in [0.25, 0.3) is 11.3 Å². The van der Waals surface area contributed by atoms with E-state index >= 15 is 0 Å². The van der Waals surface area contributed by atoms with Gasteiger partial charge in [0.05, 0.1) is 41.0 Å². The van der Waals surface area contributed by atoms with Crippen LogP contribution in [0.1, 0.15) is 33.7 Å². The molecule has 5 N–H and O–H groups in total. The minimum atomic E-state index is -4.74. The molecule has 14 nitrogen and oxygen atoms in total. The van der Waals surface area contributed by atoms with Gasteiger partial charge in [0.2, 0.25) is 5.95 Å². The van der Waals surface area contributed by atoms with Gasteiger partial charge in [-0.2, -0.15) is 18.3 Å². The molecule has 0 radical (unpaired) electrons. The second-order valence-corrected chi connectivity index (χ2v) is 10.8. The predicted molar refractivity (Wildman–Crippen MR) is 166 cm³/mol. The van der Waals surface area contributed by atoms with Crippen molar-refractivity contribution in [3.63, 3.8) is 0 Å². The number of aliphatic hydroxyl groups is 1. The van der Waals surface area contributed by atoms with Gasteiger partial charge in [0, 0.05) is 50.1 Å². The number of alkyl halides is 3. The van der Waals surface area contributed by atoms with Crippen LogP contribution in [-0.4, -0.2) is 67.9 Å². The van der Waals surface area contributed by atoms with Crippen molar-refractivity contribution in [3.05, 3.63) is 70.4 Å². The summed E-state index contributed by atoms with van der Waals surface area (Å²) in [5.41, 5.74) is 0.545. The Labute approximate surface area is 272 Å². The molecule has 3 aromatic heterocycles. The topological polar surface area (TPSA) is 186 Å². The van der Waals surface area contributed by atoms with E-state index < -0.39 is 25.9 Å². The van der Waals surface area contributed by atoms with Gasteiger partial charge in [-0.15, -0.1) is 9.42 Å². The Kier molecular flexibility index (Phi) is 12.0. The van der Waals surface area contributed by atoms with E-state index in [4.69, 9.17) is 30.9 Å². The zero-order valence-corrected chi connectivity index (χ0v) is 26.7. The average Bonchev–Trinajstić information content (AvgIpc) is 3.42. The van der Waals surface area contributed by atoms with Crippen LogP contribution in [0.3, 0.4) is 0 Å². The summed E-state index contributed by atoms with van der Waals surface area (Å²) in [6.07, 6.45) is -2.17. The number of ether oxygens (including phenoxy) is 1. The molecule has 4 rings (SSSR count). The molecule has 1 aromatic carbocycles. The summed E-state index contributed by atoms with van der Waals surface area (Å²) >= 11 is 6.29. The zero-order valence-electron chi connectivity index (χ0n) is 25.0. The normalized spacial score (nSPS) is 11.7. The molecule has 1 unspecified atom stereocenters. The smallest absolute Gasteiger partial charge is 0.495 e. The molecule has 4 aromatic rings. The summed E-state index contributed by atoms with van der Waals surface area (Å²) in [6, 6.07) is 7.78. The van der Waals surface area contributed by atoms with Gasteiger partial charge in [-0.1, -0.05) is 17.7 Å². The average molecular weight is 698 g/mol. The van der Waals surface area contributed by atoms with Crippen LogP contribution in [0.5, 0.6) is 5.75 Å². The number of anilines is 3. The summed E-state index contributed by atoms with van der Waals surface area (Å²) in [4.78, 5) is 34.0. The number of hydrogen-bond donors (Lipinski definition) is 5. The molecule has 250 valence electrons. The highest BCUT2D eigenvalue weighted by atomic mass is 35.5. The molecule has 0 aliphatic carbocycles. The van der Waals surface area contributed by atoms with E-state index in [1.807, 2.05) is 0 Å². The molecular formula is C28H30ClF3N8O6P+. The van der Waals surface area contributed by atoms with E-state index in [0.717, 1.165) is 0 Å². The van der Waals surface area contributed by atoms with Crippen molar-refractivity contribution in [2.75, 3.05) is 37.9 Å². The maximum atomic E-state index is 13.9. The van der Waals surface area contributed by atoms with Crippen molar-refractivity contribution < 1.29 is 41.8 Å². The lowest BCUT2D eigenvalue weighted by Gasteiger charge is -2.16. The third-order valence-electron chi connectivity index (χ3n) is 6.58. The Morgan fingerprint density at radius 1 is 1.17 bits per heavy atom. The van der Waals surface area contributed by atoms with Crippen molar-refractivity contribution in [3.8, 4) is 17.0 Å². The number of carbonyl (C=O) groups excluding carboxylic acids is 1. The SMILES string of the molecule is CNC(=O)c1nc(-c2cn(CCCO)nc2Cl)ccc1NCCc1nc(Nc2ccc(CO[P+](=O)O)cc2OC)ncc1C(F)(F)F. The standard InChI is InChI=1S/C28H29ClF3N8O6P/c1-33-26(42)24-22(7-6-19(36-24)17-14-40(10-3-11-41)39-25(17)29)34-9-8-20-18(28(30,31)32)13-35-27(37-20)38-21-5-4-16(12-23(21)45-2)15-46-47(43)44/h4-7,12-14,41H,3,8-11,15H2,1-2H3,(H3-,33,34,35,37,38,42,43,44)/p+1. The van der Waals surface area contributed by atoms with Crippen LogP contribution in [0.15, 0.2) is 42.7 Å². The molecule has 0 spiro atoms. The van der Waals surface area contributed by atoms with Crippen LogP contribution in [-0.2, 0) is 34.8 Å². The van der Waals surface area contributed by atoms with Crippen molar-refractivity contribution in [2.24, 2.45) is 0 Å². The minimum Gasteiger partial charge on any atom is -0.495 e. The number of carbonyl (C=O) groups is 1. The monoisotopic (exact) mass is 697 g/mol. The van der Waals surface area contributed by atoms with E-state index in [2.05, 4.69) is 36.0 Å². The molecule has 0 aliphatic rings. The number of aliphatic hydroxyl groups excluding tert-OH is 1. The molecule has 0 fully saturated rings. The van der Waals surface area contributed by atoms with Gasteiger partial charge in [-0.05, 0) is 36.2 Å². The Balaban J connectivity index is 1.55. The summed E-state index contributed by atoms with van der Waals surface area (Å²) in [5.74, 6) is -0.413.